The minimum Gasteiger partial charge on any atom is -0.477 e. The van der Waals surface area contributed by atoms with E-state index in [-0.39, 0.29) is 6.42 Å². The zero-order valence-electron chi connectivity index (χ0n) is 9.54. The number of hydrogen-bond donors (Lipinski definition) is 1. The van der Waals surface area contributed by atoms with Crippen LogP contribution in [0.2, 0.25) is 0 Å². The fraction of sp³-hybridized carbons (Fsp3) is 0.462. The summed E-state index contributed by atoms with van der Waals surface area (Å²) in [5.74, 6) is -6.90. The van der Waals surface area contributed by atoms with Crippen molar-refractivity contribution in [1.82, 2.24) is 0 Å². The van der Waals surface area contributed by atoms with E-state index in [1.54, 1.807) is 6.07 Å². The first-order valence-corrected chi connectivity index (χ1v) is 5.63. The molecule has 1 aromatic carbocycles. The van der Waals surface area contributed by atoms with E-state index in [0.29, 0.717) is 12.0 Å². The van der Waals surface area contributed by atoms with Gasteiger partial charge in [-0.15, -0.1) is 0 Å². The third kappa shape index (κ3) is 2.04. The molecule has 0 amide bonds. The van der Waals surface area contributed by atoms with Gasteiger partial charge in [0, 0.05) is 0 Å². The van der Waals surface area contributed by atoms with Crippen molar-refractivity contribution in [3.8, 4) is 0 Å². The van der Waals surface area contributed by atoms with E-state index in [1.165, 1.54) is 0 Å². The van der Waals surface area contributed by atoms with Crippen LogP contribution in [0.15, 0.2) is 18.2 Å². The number of rotatable bonds is 2. The number of carboxylic acid groups (broad SMARTS) is 1. The molecule has 0 aromatic heterocycles. The molecule has 0 spiro atoms. The highest BCUT2D eigenvalue weighted by molar-refractivity contribution is 5.77. The lowest BCUT2D eigenvalue weighted by atomic mass is 9.78. The first-order chi connectivity index (χ1) is 7.93. The Labute approximate surface area is 98.3 Å². The average Bonchev–Trinajstić information content (AvgIpc) is 2.27. The summed E-state index contributed by atoms with van der Waals surface area (Å²) in [6, 6.07) is 5.39. The fourth-order valence-corrected chi connectivity index (χ4v) is 2.44. The smallest absolute Gasteiger partial charge is 0.375 e. The molecular formula is C13H14F2O2. The van der Waals surface area contributed by atoms with Crippen molar-refractivity contribution in [2.45, 2.75) is 38.0 Å². The maximum absolute atomic E-state index is 13.6. The lowest BCUT2D eigenvalue weighted by molar-refractivity contribution is -0.169. The SMILES string of the molecule is Cc1ccc2c(c1)C(C(F)(F)C(=O)O)CCC2. The van der Waals surface area contributed by atoms with Gasteiger partial charge in [0.25, 0.3) is 0 Å². The normalized spacial score (nSPS) is 19.8. The van der Waals surface area contributed by atoms with Crippen LogP contribution in [0.3, 0.4) is 0 Å². The van der Waals surface area contributed by atoms with Crippen LogP contribution in [0, 0.1) is 6.92 Å². The summed E-state index contributed by atoms with van der Waals surface area (Å²) in [5, 5.41) is 8.64. The number of halogens is 2. The van der Waals surface area contributed by atoms with Gasteiger partial charge >= 0.3 is 11.9 Å². The van der Waals surface area contributed by atoms with Crippen LogP contribution in [-0.2, 0) is 11.2 Å². The van der Waals surface area contributed by atoms with E-state index in [1.807, 2.05) is 19.1 Å². The largest absolute Gasteiger partial charge is 0.477 e. The number of carboxylic acids is 1. The second kappa shape index (κ2) is 4.09. The summed E-state index contributed by atoms with van der Waals surface area (Å²) < 4.78 is 27.3. The molecule has 0 aliphatic heterocycles. The molecule has 1 aliphatic carbocycles. The van der Waals surface area contributed by atoms with Crippen LogP contribution in [0.25, 0.3) is 0 Å². The Balaban J connectivity index is 2.47. The summed E-state index contributed by atoms with van der Waals surface area (Å²) in [5.41, 5.74) is 2.24. The summed E-state index contributed by atoms with van der Waals surface area (Å²) >= 11 is 0. The molecule has 1 unspecified atom stereocenters. The van der Waals surface area contributed by atoms with Crippen molar-refractivity contribution >= 4 is 5.97 Å². The van der Waals surface area contributed by atoms with E-state index in [2.05, 4.69) is 0 Å². The minimum absolute atomic E-state index is 0.232. The summed E-state index contributed by atoms with van der Waals surface area (Å²) in [6.07, 6.45) is 1.60. The van der Waals surface area contributed by atoms with Gasteiger partial charge in [-0.2, -0.15) is 8.78 Å². The quantitative estimate of drug-likeness (QED) is 0.862. The predicted octanol–water partition coefficient (Wildman–Crippen LogP) is 3.13. The van der Waals surface area contributed by atoms with Crippen LogP contribution < -0.4 is 0 Å². The number of fused-ring (bicyclic) bond motifs is 1. The highest BCUT2D eigenvalue weighted by atomic mass is 19.3. The minimum atomic E-state index is -3.68. The molecule has 0 saturated heterocycles. The Morgan fingerprint density at radius 1 is 1.47 bits per heavy atom. The van der Waals surface area contributed by atoms with E-state index in [9.17, 15) is 13.6 Å². The summed E-state index contributed by atoms with van der Waals surface area (Å²) in [4.78, 5) is 10.7. The summed E-state index contributed by atoms with van der Waals surface area (Å²) in [6.45, 7) is 1.82. The van der Waals surface area contributed by atoms with Gasteiger partial charge in [-0.25, -0.2) is 4.79 Å². The summed E-state index contributed by atoms with van der Waals surface area (Å²) in [7, 11) is 0. The molecule has 2 nitrogen and oxygen atoms in total. The lowest BCUT2D eigenvalue weighted by Crippen LogP contribution is -2.37. The maximum Gasteiger partial charge on any atom is 0.375 e. The Kier molecular flexibility index (Phi) is 2.89. The molecular weight excluding hydrogens is 226 g/mol. The number of aryl methyl sites for hydroxylation is 2. The van der Waals surface area contributed by atoms with Crippen molar-refractivity contribution < 1.29 is 18.7 Å². The molecule has 0 saturated carbocycles. The zero-order valence-corrected chi connectivity index (χ0v) is 9.54. The average molecular weight is 240 g/mol. The van der Waals surface area contributed by atoms with Crippen molar-refractivity contribution in [2.75, 3.05) is 0 Å². The number of alkyl halides is 2. The molecule has 4 heteroatoms. The Hall–Kier alpha value is -1.45. The van der Waals surface area contributed by atoms with Crippen molar-refractivity contribution in [1.29, 1.82) is 0 Å². The molecule has 0 fully saturated rings. The van der Waals surface area contributed by atoms with Crippen LogP contribution in [-0.4, -0.2) is 17.0 Å². The van der Waals surface area contributed by atoms with E-state index >= 15 is 0 Å². The van der Waals surface area contributed by atoms with Gasteiger partial charge < -0.3 is 5.11 Å². The first kappa shape index (κ1) is 12.0. The lowest BCUT2D eigenvalue weighted by Gasteiger charge is -2.29. The van der Waals surface area contributed by atoms with Gasteiger partial charge in [0.2, 0.25) is 0 Å². The second-order valence-electron chi connectivity index (χ2n) is 4.58. The highest BCUT2D eigenvalue weighted by Crippen LogP contribution is 2.42. The number of aliphatic carboxylic acids is 1. The van der Waals surface area contributed by atoms with E-state index in [4.69, 9.17) is 5.11 Å². The van der Waals surface area contributed by atoms with Crippen molar-refractivity contribution in [3.05, 3.63) is 34.9 Å². The zero-order chi connectivity index (χ0) is 12.6. The van der Waals surface area contributed by atoms with Gasteiger partial charge in [-0.1, -0.05) is 23.8 Å². The third-order valence-electron chi connectivity index (χ3n) is 3.34. The standard InChI is InChI=1S/C13H14F2O2/c1-8-5-6-9-3-2-4-11(10(9)7-8)13(14,15)12(16)17/h5-7,11H,2-4H2,1H3,(H,16,17). The van der Waals surface area contributed by atoms with Gasteiger partial charge in [-0.05, 0) is 37.3 Å². The Morgan fingerprint density at radius 2 is 2.18 bits per heavy atom. The fourth-order valence-electron chi connectivity index (χ4n) is 2.44. The topological polar surface area (TPSA) is 37.3 Å². The number of hydrogen-bond acceptors (Lipinski definition) is 1. The first-order valence-electron chi connectivity index (χ1n) is 5.63. The molecule has 1 aromatic rings. The number of benzene rings is 1. The third-order valence-corrected chi connectivity index (χ3v) is 3.34. The molecule has 0 bridgehead atoms. The van der Waals surface area contributed by atoms with Crippen LogP contribution in [0.4, 0.5) is 8.78 Å². The highest BCUT2D eigenvalue weighted by Gasteiger charge is 2.49. The van der Waals surface area contributed by atoms with Gasteiger partial charge in [0.05, 0.1) is 5.92 Å². The Morgan fingerprint density at radius 3 is 2.82 bits per heavy atom. The van der Waals surface area contributed by atoms with Crippen LogP contribution >= 0.6 is 0 Å². The number of carbonyl (C=O) groups is 1. The second-order valence-corrected chi connectivity index (χ2v) is 4.58. The van der Waals surface area contributed by atoms with E-state index < -0.39 is 17.8 Å². The molecule has 92 valence electrons. The molecule has 1 aliphatic rings. The predicted molar refractivity (Wildman–Crippen MR) is 59.4 cm³/mol. The van der Waals surface area contributed by atoms with Gasteiger partial charge in [0.1, 0.15) is 0 Å². The maximum atomic E-state index is 13.6. The molecule has 0 radical (unpaired) electrons. The molecule has 1 atom stereocenters. The van der Waals surface area contributed by atoms with Gasteiger partial charge in [0.15, 0.2) is 0 Å². The molecule has 17 heavy (non-hydrogen) atoms. The van der Waals surface area contributed by atoms with Crippen LogP contribution in [0.5, 0.6) is 0 Å². The Bertz CT molecular complexity index is 455. The molecule has 1 N–H and O–H groups in total. The monoisotopic (exact) mass is 240 g/mol. The van der Waals surface area contributed by atoms with E-state index in [0.717, 1.165) is 17.5 Å². The van der Waals surface area contributed by atoms with Crippen molar-refractivity contribution in [2.24, 2.45) is 0 Å². The van der Waals surface area contributed by atoms with Crippen molar-refractivity contribution in [3.63, 3.8) is 0 Å². The van der Waals surface area contributed by atoms with Gasteiger partial charge in [-0.3, -0.25) is 0 Å². The molecule has 0 heterocycles. The van der Waals surface area contributed by atoms with Crippen LogP contribution in [0.1, 0.15) is 35.4 Å². The molecule has 2 rings (SSSR count).